The number of hydrazone groups is 2. The number of aryl methyl sites for hydroxylation is 1. The highest BCUT2D eigenvalue weighted by atomic mass is 32.2. The summed E-state index contributed by atoms with van der Waals surface area (Å²) in [5, 5.41) is 14.5. The summed E-state index contributed by atoms with van der Waals surface area (Å²) in [5.74, 6) is -0.0317. The first-order chi connectivity index (χ1) is 16.1. The molecule has 6 heteroatoms. The van der Waals surface area contributed by atoms with Gasteiger partial charge in [-0.3, -0.25) is 4.79 Å². The van der Waals surface area contributed by atoms with Crippen molar-refractivity contribution in [3.8, 4) is 0 Å². The van der Waals surface area contributed by atoms with Crippen molar-refractivity contribution >= 4 is 39.7 Å². The maximum Gasteiger partial charge on any atom is 0.208 e. The van der Waals surface area contributed by atoms with Crippen molar-refractivity contribution in [2.24, 2.45) is 10.2 Å². The summed E-state index contributed by atoms with van der Waals surface area (Å²) >= 11 is 1.50. The van der Waals surface area contributed by atoms with E-state index in [1.54, 1.807) is 6.92 Å². The zero-order valence-electron chi connectivity index (χ0n) is 18.8. The molecule has 2 aliphatic heterocycles. The number of para-hydroxylation sites is 2. The van der Waals surface area contributed by atoms with Crippen molar-refractivity contribution in [2.75, 3.05) is 10.0 Å². The lowest BCUT2D eigenvalue weighted by Gasteiger charge is -2.46. The summed E-state index contributed by atoms with van der Waals surface area (Å²) in [6.45, 7) is 3.74. The summed E-state index contributed by atoms with van der Waals surface area (Å²) in [5.41, 5.74) is 5.39. The number of Topliss-reactive ketones (excluding diaryl/α,β-unsaturated/α-hetero) is 1. The molecule has 5 rings (SSSR count). The van der Waals surface area contributed by atoms with Gasteiger partial charge in [-0.05, 0) is 60.0 Å². The van der Waals surface area contributed by atoms with Crippen molar-refractivity contribution in [3.05, 3.63) is 96.1 Å². The molecule has 0 amide bonds. The van der Waals surface area contributed by atoms with E-state index >= 15 is 0 Å². The zero-order chi connectivity index (χ0) is 22.8. The van der Waals surface area contributed by atoms with Gasteiger partial charge < -0.3 is 0 Å². The van der Waals surface area contributed by atoms with E-state index in [2.05, 4.69) is 48.3 Å². The Morgan fingerprint density at radius 1 is 0.879 bits per heavy atom. The highest BCUT2D eigenvalue weighted by Gasteiger charge is 2.52. The van der Waals surface area contributed by atoms with Gasteiger partial charge in [0, 0.05) is 13.3 Å². The number of hydrogen-bond donors (Lipinski definition) is 0. The molecule has 0 unspecified atom stereocenters. The number of rotatable bonds is 5. The van der Waals surface area contributed by atoms with Gasteiger partial charge in [-0.1, -0.05) is 67.6 Å². The lowest BCUT2D eigenvalue weighted by molar-refractivity contribution is -0.110. The maximum absolute atomic E-state index is 12.4. The minimum Gasteiger partial charge on any atom is -0.292 e. The molecule has 0 bridgehead atoms. The SMILES string of the molecule is CCc1ccc(C2=NN(c3ccccc3)[C@]3(CC2)SC(C(C)=O)=NN3c2ccccc2)cc1. The molecule has 1 atom stereocenters. The number of ketones is 1. The molecule has 1 spiro atoms. The fraction of sp³-hybridized carbons (Fsp3) is 0.222. The third-order valence-electron chi connectivity index (χ3n) is 6.02. The molecule has 166 valence electrons. The molecule has 3 aromatic carbocycles. The number of anilines is 2. The number of nitrogens with zero attached hydrogens (tertiary/aromatic N) is 4. The average Bonchev–Trinajstić information content (AvgIpc) is 3.25. The Morgan fingerprint density at radius 3 is 2.00 bits per heavy atom. The molecule has 2 aliphatic rings. The topological polar surface area (TPSA) is 48.3 Å². The molecule has 0 saturated heterocycles. The summed E-state index contributed by atoms with van der Waals surface area (Å²) < 4.78 is 0. The second-order valence-corrected chi connectivity index (χ2v) is 9.44. The Labute approximate surface area is 198 Å². The van der Waals surface area contributed by atoms with E-state index in [1.807, 2.05) is 53.5 Å². The van der Waals surface area contributed by atoms with Crippen LogP contribution in [0, 0.1) is 0 Å². The lowest BCUT2D eigenvalue weighted by atomic mass is 10.0. The van der Waals surface area contributed by atoms with Gasteiger partial charge in [0.25, 0.3) is 0 Å². The molecule has 0 N–H and O–H groups in total. The molecule has 5 nitrogen and oxygen atoms in total. The first-order valence-electron chi connectivity index (χ1n) is 11.3. The Morgan fingerprint density at radius 2 is 1.45 bits per heavy atom. The Bertz CT molecular complexity index is 1210. The number of carbonyl (C=O) groups excluding carboxylic acids is 1. The molecule has 2 heterocycles. The van der Waals surface area contributed by atoms with Crippen LogP contribution in [-0.4, -0.2) is 21.5 Å². The molecular formula is C27H26N4OS. The van der Waals surface area contributed by atoms with Gasteiger partial charge >= 0.3 is 0 Å². The second-order valence-electron chi connectivity index (χ2n) is 8.20. The molecule has 0 saturated carbocycles. The monoisotopic (exact) mass is 454 g/mol. The third kappa shape index (κ3) is 3.95. The Balaban J connectivity index is 1.64. The van der Waals surface area contributed by atoms with Gasteiger partial charge in [-0.2, -0.15) is 10.2 Å². The van der Waals surface area contributed by atoms with Gasteiger partial charge in [0.1, 0.15) is 0 Å². The molecule has 0 radical (unpaired) electrons. The number of carbonyl (C=O) groups is 1. The zero-order valence-corrected chi connectivity index (χ0v) is 19.6. The molecule has 0 fully saturated rings. The third-order valence-corrected chi connectivity index (χ3v) is 7.46. The molecule has 0 aromatic heterocycles. The predicted octanol–water partition coefficient (Wildman–Crippen LogP) is 6.06. The van der Waals surface area contributed by atoms with Crippen molar-refractivity contribution in [3.63, 3.8) is 0 Å². The second kappa shape index (κ2) is 8.87. The van der Waals surface area contributed by atoms with Crippen LogP contribution in [0.1, 0.15) is 37.8 Å². The highest BCUT2D eigenvalue weighted by Crippen LogP contribution is 2.50. The van der Waals surface area contributed by atoms with E-state index in [4.69, 9.17) is 10.2 Å². The summed E-state index contributed by atoms with van der Waals surface area (Å²) in [4.78, 5) is 11.7. The van der Waals surface area contributed by atoms with E-state index in [9.17, 15) is 4.79 Å². The first-order valence-corrected chi connectivity index (χ1v) is 12.1. The molecule has 33 heavy (non-hydrogen) atoms. The number of thioether (sulfide) groups is 1. The van der Waals surface area contributed by atoms with Crippen LogP contribution in [0.5, 0.6) is 0 Å². The number of hydrogen-bond acceptors (Lipinski definition) is 6. The fourth-order valence-electron chi connectivity index (χ4n) is 4.25. The van der Waals surface area contributed by atoms with E-state index < -0.39 is 4.99 Å². The quantitative estimate of drug-likeness (QED) is 0.470. The van der Waals surface area contributed by atoms with Crippen LogP contribution in [0.4, 0.5) is 11.4 Å². The van der Waals surface area contributed by atoms with Crippen LogP contribution < -0.4 is 10.0 Å². The first kappa shape index (κ1) is 21.5. The molecule has 3 aromatic rings. The fourth-order valence-corrected chi connectivity index (χ4v) is 5.49. The van der Waals surface area contributed by atoms with E-state index in [0.717, 1.165) is 41.9 Å². The van der Waals surface area contributed by atoms with Gasteiger partial charge in [0.15, 0.2) is 10.8 Å². The molecular weight excluding hydrogens is 428 g/mol. The van der Waals surface area contributed by atoms with Crippen LogP contribution in [0.2, 0.25) is 0 Å². The molecule has 0 aliphatic carbocycles. The summed E-state index contributed by atoms with van der Waals surface area (Å²) in [6.07, 6.45) is 2.56. The summed E-state index contributed by atoms with van der Waals surface area (Å²) in [6, 6.07) is 28.9. The van der Waals surface area contributed by atoms with E-state index in [1.165, 1.54) is 17.3 Å². The van der Waals surface area contributed by atoms with Crippen molar-refractivity contribution < 1.29 is 4.79 Å². The van der Waals surface area contributed by atoms with Crippen molar-refractivity contribution in [1.82, 2.24) is 0 Å². The Hall–Kier alpha value is -3.38. The lowest BCUT2D eigenvalue weighted by Crippen LogP contribution is -2.56. The maximum atomic E-state index is 12.4. The van der Waals surface area contributed by atoms with Crippen molar-refractivity contribution in [2.45, 2.75) is 38.1 Å². The smallest absolute Gasteiger partial charge is 0.208 e. The van der Waals surface area contributed by atoms with Crippen LogP contribution in [0.25, 0.3) is 0 Å². The van der Waals surface area contributed by atoms with Gasteiger partial charge in [0.05, 0.1) is 17.1 Å². The van der Waals surface area contributed by atoms with Gasteiger partial charge in [-0.25, -0.2) is 10.0 Å². The summed E-state index contributed by atoms with van der Waals surface area (Å²) in [7, 11) is 0. The van der Waals surface area contributed by atoms with E-state index in [-0.39, 0.29) is 5.78 Å². The minimum absolute atomic E-state index is 0.0317. The minimum atomic E-state index is -0.656. The number of benzene rings is 3. The van der Waals surface area contributed by atoms with E-state index in [0.29, 0.717) is 5.04 Å². The average molecular weight is 455 g/mol. The van der Waals surface area contributed by atoms with Gasteiger partial charge in [0.2, 0.25) is 4.99 Å². The van der Waals surface area contributed by atoms with Crippen molar-refractivity contribution in [1.29, 1.82) is 0 Å². The predicted molar refractivity (Wildman–Crippen MR) is 138 cm³/mol. The largest absolute Gasteiger partial charge is 0.292 e. The highest BCUT2D eigenvalue weighted by molar-refractivity contribution is 8.17. The Kier molecular flexibility index (Phi) is 5.77. The normalized spacial score (nSPS) is 20.1. The van der Waals surface area contributed by atoms with Gasteiger partial charge in [-0.15, -0.1) is 0 Å². The van der Waals surface area contributed by atoms with Crippen LogP contribution in [0.15, 0.2) is 95.1 Å². The van der Waals surface area contributed by atoms with Crippen LogP contribution >= 0.6 is 11.8 Å². The van der Waals surface area contributed by atoms with Crippen LogP contribution in [-0.2, 0) is 11.2 Å². The van der Waals surface area contributed by atoms with Crippen LogP contribution in [0.3, 0.4) is 0 Å². The standard InChI is InChI=1S/C27H26N4OS/c1-3-21-14-16-22(17-15-21)25-18-19-27(30(28-25)23-10-6-4-7-11-23)31(24-12-8-5-9-13-24)29-26(33-27)20(2)32/h4-17H,3,18-19H2,1-2H3/t27-/m0/s1.